The zero-order valence-corrected chi connectivity index (χ0v) is 11.1. The SMILES string of the molecule is CC(=O)Oc1ccc(=O)cc2c1OC(C)(OC(C)=O)O2. The molecule has 0 aliphatic carbocycles. The maximum absolute atomic E-state index is 11.5. The van der Waals surface area contributed by atoms with Gasteiger partial charge in [0, 0.05) is 19.9 Å². The van der Waals surface area contributed by atoms with E-state index < -0.39 is 17.9 Å². The number of rotatable bonds is 2. The smallest absolute Gasteiger partial charge is 0.416 e. The van der Waals surface area contributed by atoms with E-state index in [0.29, 0.717) is 0 Å². The van der Waals surface area contributed by atoms with Crippen molar-refractivity contribution in [3.05, 3.63) is 28.4 Å². The van der Waals surface area contributed by atoms with Crippen molar-refractivity contribution in [2.24, 2.45) is 0 Å². The van der Waals surface area contributed by atoms with Gasteiger partial charge >= 0.3 is 17.9 Å². The molecule has 1 unspecified atom stereocenters. The quantitative estimate of drug-likeness (QED) is 0.746. The summed E-state index contributed by atoms with van der Waals surface area (Å²) in [6.45, 7) is 3.75. The molecule has 0 N–H and O–H groups in total. The fourth-order valence-electron chi connectivity index (χ4n) is 1.72. The van der Waals surface area contributed by atoms with Gasteiger partial charge in [-0.25, -0.2) is 0 Å². The van der Waals surface area contributed by atoms with Gasteiger partial charge in [-0.3, -0.25) is 14.4 Å². The molecule has 1 aromatic carbocycles. The molecule has 1 aliphatic rings. The lowest BCUT2D eigenvalue weighted by Gasteiger charge is -2.21. The molecule has 0 bridgehead atoms. The van der Waals surface area contributed by atoms with Crippen LogP contribution in [0.15, 0.2) is 23.0 Å². The van der Waals surface area contributed by atoms with Crippen LogP contribution < -0.4 is 19.6 Å². The third-order valence-corrected chi connectivity index (χ3v) is 2.29. The van der Waals surface area contributed by atoms with Crippen molar-refractivity contribution in [2.75, 3.05) is 0 Å². The van der Waals surface area contributed by atoms with E-state index in [4.69, 9.17) is 18.9 Å². The summed E-state index contributed by atoms with van der Waals surface area (Å²) < 4.78 is 20.5. The van der Waals surface area contributed by atoms with E-state index in [0.717, 1.165) is 6.07 Å². The molecule has 7 nitrogen and oxygen atoms in total. The number of carbonyl (C=O) groups excluding carboxylic acids is 2. The Labute approximate surface area is 114 Å². The number of hydrogen-bond donors (Lipinski definition) is 0. The van der Waals surface area contributed by atoms with Crippen molar-refractivity contribution in [3.63, 3.8) is 0 Å². The number of esters is 2. The standard InChI is InChI=1S/C13H12O7/c1-7(14)17-10-5-4-9(16)6-11-12(10)20-13(3,19-11)18-8(2)15/h4-6H,1-3H3. The lowest BCUT2D eigenvalue weighted by molar-refractivity contribution is -0.255. The molecule has 0 saturated heterocycles. The largest absolute Gasteiger partial charge is 0.423 e. The van der Waals surface area contributed by atoms with Gasteiger partial charge in [-0.05, 0) is 12.1 Å². The minimum Gasteiger partial charge on any atom is -0.423 e. The monoisotopic (exact) mass is 280 g/mol. The van der Waals surface area contributed by atoms with Crippen molar-refractivity contribution in [2.45, 2.75) is 26.7 Å². The van der Waals surface area contributed by atoms with Gasteiger partial charge in [-0.15, -0.1) is 0 Å². The molecule has 106 valence electrons. The molecule has 0 fully saturated rings. The summed E-state index contributed by atoms with van der Waals surface area (Å²) in [5.74, 6) is -2.86. The Hall–Kier alpha value is -2.57. The highest BCUT2D eigenvalue weighted by molar-refractivity contribution is 5.71. The van der Waals surface area contributed by atoms with Crippen molar-refractivity contribution < 1.29 is 28.5 Å². The topological polar surface area (TPSA) is 88.1 Å². The highest BCUT2D eigenvalue weighted by Gasteiger charge is 2.42. The fourth-order valence-corrected chi connectivity index (χ4v) is 1.72. The van der Waals surface area contributed by atoms with Crippen LogP contribution in [0.3, 0.4) is 0 Å². The molecule has 1 heterocycles. The zero-order valence-electron chi connectivity index (χ0n) is 11.1. The van der Waals surface area contributed by atoms with E-state index in [9.17, 15) is 14.4 Å². The van der Waals surface area contributed by atoms with Crippen LogP contribution >= 0.6 is 0 Å². The minimum atomic E-state index is -1.70. The Morgan fingerprint density at radius 1 is 1.15 bits per heavy atom. The van der Waals surface area contributed by atoms with Crippen LogP contribution in [0.2, 0.25) is 0 Å². The van der Waals surface area contributed by atoms with Gasteiger partial charge in [0.05, 0.1) is 6.92 Å². The second-order valence-electron chi connectivity index (χ2n) is 4.19. The predicted molar refractivity (Wildman–Crippen MR) is 65.4 cm³/mol. The molecule has 0 aromatic heterocycles. The Kier molecular flexibility index (Phi) is 3.35. The summed E-state index contributed by atoms with van der Waals surface area (Å²) in [6.07, 6.45) is 0. The van der Waals surface area contributed by atoms with Crippen molar-refractivity contribution >= 4 is 11.9 Å². The van der Waals surface area contributed by atoms with Crippen LogP contribution in [0.1, 0.15) is 20.8 Å². The summed E-state index contributed by atoms with van der Waals surface area (Å²) in [5, 5.41) is 0. The Morgan fingerprint density at radius 2 is 1.85 bits per heavy atom. The van der Waals surface area contributed by atoms with Crippen LogP contribution in [0.25, 0.3) is 0 Å². The van der Waals surface area contributed by atoms with E-state index >= 15 is 0 Å². The molecular formula is C13H12O7. The van der Waals surface area contributed by atoms with Crippen molar-refractivity contribution in [1.82, 2.24) is 0 Å². The predicted octanol–water partition coefficient (Wildman–Crippen LogP) is 0.980. The van der Waals surface area contributed by atoms with Crippen molar-refractivity contribution in [1.29, 1.82) is 0 Å². The van der Waals surface area contributed by atoms with Crippen molar-refractivity contribution in [3.8, 4) is 17.2 Å². The number of ether oxygens (including phenoxy) is 4. The van der Waals surface area contributed by atoms with Gasteiger partial charge in [0.15, 0.2) is 16.9 Å². The lowest BCUT2D eigenvalue weighted by Crippen LogP contribution is -2.39. The molecule has 1 aliphatic heterocycles. The summed E-state index contributed by atoms with van der Waals surface area (Å²) >= 11 is 0. The number of hydrogen-bond acceptors (Lipinski definition) is 7. The molecule has 0 saturated carbocycles. The molecule has 0 spiro atoms. The van der Waals surface area contributed by atoms with E-state index in [1.54, 1.807) is 0 Å². The molecule has 1 atom stereocenters. The normalized spacial score (nSPS) is 19.4. The molecular weight excluding hydrogens is 268 g/mol. The third-order valence-electron chi connectivity index (χ3n) is 2.29. The Balaban J connectivity index is 2.47. The second kappa shape index (κ2) is 4.84. The summed E-state index contributed by atoms with van der Waals surface area (Å²) in [7, 11) is 0. The van der Waals surface area contributed by atoms with Gasteiger partial charge in [-0.1, -0.05) is 0 Å². The first-order valence-electron chi connectivity index (χ1n) is 5.73. The third kappa shape index (κ3) is 2.87. The first-order chi connectivity index (χ1) is 9.29. The molecule has 1 aromatic rings. The van der Waals surface area contributed by atoms with Crippen LogP contribution in [-0.4, -0.2) is 17.9 Å². The molecule has 0 amide bonds. The maximum atomic E-state index is 11.5. The summed E-state index contributed by atoms with van der Waals surface area (Å²) in [5.41, 5.74) is -0.379. The van der Waals surface area contributed by atoms with Gasteiger partial charge in [0.1, 0.15) is 0 Å². The van der Waals surface area contributed by atoms with Crippen LogP contribution in [-0.2, 0) is 14.3 Å². The van der Waals surface area contributed by atoms with Gasteiger partial charge < -0.3 is 18.9 Å². The van der Waals surface area contributed by atoms with Gasteiger partial charge in [0.2, 0.25) is 5.75 Å². The molecule has 7 heteroatoms. The van der Waals surface area contributed by atoms with Gasteiger partial charge in [-0.2, -0.15) is 0 Å². The molecule has 0 radical (unpaired) electrons. The van der Waals surface area contributed by atoms with E-state index in [-0.39, 0.29) is 22.7 Å². The average Bonchev–Trinajstić information content (AvgIpc) is 2.52. The molecule has 2 rings (SSSR count). The van der Waals surface area contributed by atoms with E-state index in [1.807, 2.05) is 0 Å². The number of fused-ring (bicyclic) bond motifs is 1. The summed E-state index contributed by atoms with van der Waals surface area (Å²) in [6, 6.07) is 3.63. The van der Waals surface area contributed by atoms with Gasteiger partial charge in [0.25, 0.3) is 0 Å². The van der Waals surface area contributed by atoms with E-state index in [1.165, 1.54) is 32.9 Å². The molecule has 20 heavy (non-hydrogen) atoms. The average molecular weight is 280 g/mol. The van der Waals surface area contributed by atoms with E-state index in [2.05, 4.69) is 0 Å². The zero-order chi connectivity index (χ0) is 14.9. The van der Waals surface area contributed by atoms with Crippen LogP contribution in [0.5, 0.6) is 17.2 Å². The second-order valence-corrected chi connectivity index (χ2v) is 4.19. The van der Waals surface area contributed by atoms with Crippen LogP contribution in [0, 0.1) is 0 Å². The lowest BCUT2D eigenvalue weighted by atomic mass is 10.4. The first kappa shape index (κ1) is 13.9. The Bertz CT molecular complexity index is 637. The first-order valence-corrected chi connectivity index (χ1v) is 5.73. The maximum Gasteiger partial charge on any atom is 0.416 e. The number of carbonyl (C=O) groups is 2. The van der Waals surface area contributed by atoms with Crippen LogP contribution in [0.4, 0.5) is 0 Å². The Morgan fingerprint density at radius 3 is 2.45 bits per heavy atom. The highest BCUT2D eigenvalue weighted by atomic mass is 16.9. The highest BCUT2D eigenvalue weighted by Crippen LogP contribution is 2.44. The minimum absolute atomic E-state index is 0.00507. The summed E-state index contributed by atoms with van der Waals surface area (Å²) in [4.78, 5) is 33.6. The fraction of sp³-hybridized carbons (Fsp3) is 0.308.